The third-order valence-electron chi connectivity index (χ3n) is 4.16. The first kappa shape index (κ1) is 13.9. The minimum atomic E-state index is 0.122. The van der Waals surface area contributed by atoms with Crippen molar-refractivity contribution in [3.63, 3.8) is 0 Å². The summed E-state index contributed by atoms with van der Waals surface area (Å²) >= 11 is 0. The number of fused-ring (bicyclic) bond motifs is 1. The van der Waals surface area contributed by atoms with Crippen LogP contribution in [0, 0.1) is 0 Å². The fourth-order valence-corrected chi connectivity index (χ4v) is 2.85. The second-order valence-corrected chi connectivity index (χ2v) is 5.45. The summed E-state index contributed by atoms with van der Waals surface area (Å²) in [6, 6.07) is 12.0. The van der Waals surface area contributed by atoms with Gasteiger partial charge in [0.15, 0.2) is 5.78 Å². The third-order valence-corrected chi connectivity index (χ3v) is 4.16. The van der Waals surface area contributed by atoms with Gasteiger partial charge in [0, 0.05) is 17.5 Å². The van der Waals surface area contributed by atoms with Crippen LogP contribution >= 0.6 is 0 Å². The Bertz CT molecular complexity index is 686. The number of benzene rings is 2. The molecule has 0 saturated heterocycles. The molecule has 0 saturated carbocycles. The van der Waals surface area contributed by atoms with Crippen LogP contribution in [0.25, 0.3) is 0 Å². The molecule has 0 amide bonds. The molecule has 0 fully saturated rings. The Balaban J connectivity index is 2.01. The van der Waals surface area contributed by atoms with E-state index in [9.17, 15) is 4.79 Å². The maximum absolute atomic E-state index is 12.9. The highest BCUT2D eigenvalue weighted by atomic mass is 16.5. The van der Waals surface area contributed by atoms with E-state index in [1.165, 1.54) is 5.56 Å². The average molecular weight is 280 g/mol. The first-order valence-corrected chi connectivity index (χ1v) is 7.65. The molecule has 21 heavy (non-hydrogen) atoms. The smallest absolute Gasteiger partial charge is 0.193 e. The van der Waals surface area contributed by atoms with Gasteiger partial charge in [-0.1, -0.05) is 26.0 Å². The Morgan fingerprint density at radius 1 is 1.10 bits per heavy atom. The molecule has 0 spiro atoms. The Hall–Kier alpha value is -2.09. The molecule has 0 bridgehead atoms. The fourth-order valence-electron chi connectivity index (χ4n) is 2.85. The van der Waals surface area contributed by atoms with Gasteiger partial charge in [-0.15, -0.1) is 0 Å². The van der Waals surface area contributed by atoms with E-state index in [0.29, 0.717) is 0 Å². The number of aryl methyl sites for hydroxylation is 2. The van der Waals surface area contributed by atoms with Crippen molar-refractivity contribution >= 4 is 5.78 Å². The van der Waals surface area contributed by atoms with Gasteiger partial charge in [-0.3, -0.25) is 4.79 Å². The Kier molecular flexibility index (Phi) is 3.78. The summed E-state index contributed by atoms with van der Waals surface area (Å²) in [5, 5.41) is 0. The molecule has 2 aromatic carbocycles. The molecule has 0 aromatic heterocycles. The molecule has 108 valence electrons. The number of ether oxygens (including phenoxy) is 1. The molecule has 3 rings (SSSR count). The van der Waals surface area contributed by atoms with Gasteiger partial charge in [-0.05, 0) is 53.8 Å². The van der Waals surface area contributed by atoms with Crippen molar-refractivity contribution in [1.29, 1.82) is 0 Å². The van der Waals surface area contributed by atoms with Gasteiger partial charge in [-0.25, -0.2) is 0 Å². The SMILES string of the molecule is CCc1ccc(CC)c(C(=O)c2ccc3c(c2)CCO3)c1. The van der Waals surface area contributed by atoms with E-state index in [-0.39, 0.29) is 5.78 Å². The Labute approximate surface area is 125 Å². The molecule has 2 heteroatoms. The first-order chi connectivity index (χ1) is 10.2. The van der Waals surface area contributed by atoms with Crippen molar-refractivity contribution in [3.8, 4) is 5.75 Å². The summed E-state index contributed by atoms with van der Waals surface area (Å²) in [7, 11) is 0. The van der Waals surface area contributed by atoms with E-state index >= 15 is 0 Å². The van der Waals surface area contributed by atoms with Gasteiger partial charge >= 0.3 is 0 Å². The molecule has 0 radical (unpaired) electrons. The zero-order valence-electron chi connectivity index (χ0n) is 12.6. The molecule has 0 atom stereocenters. The molecular weight excluding hydrogens is 260 g/mol. The zero-order valence-corrected chi connectivity index (χ0v) is 12.6. The summed E-state index contributed by atoms with van der Waals surface area (Å²) in [5.41, 5.74) is 5.08. The lowest BCUT2D eigenvalue weighted by atomic mass is 9.93. The lowest BCUT2D eigenvalue weighted by molar-refractivity contribution is 0.103. The fraction of sp³-hybridized carbons (Fsp3) is 0.316. The van der Waals surface area contributed by atoms with Crippen molar-refractivity contribution in [2.75, 3.05) is 6.61 Å². The summed E-state index contributed by atoms with van der Waals surface area (Å²) in [6.45, 7) is 4.93. The lowest BCUT2D eigenvalue weighted by Gasteiger charge is -2.10. The van der Waals surface area contributed by atoms with Gasteiger partial charge < -0.3 is 4.74 Å². The van der Waals surface area contributed by atoms with E-state index in [1.807, 2.05) is 24.3 Å². The molecule has 0 N–H and O–H groups in total. The van der Waals surface area contributed by atoms with E-state index < -0.39 is 0 Å². The van der Waals surface area contributed by atoms with Crippen LogP contribution in [-0.2, 0) is 19.3 Å². The minimum Gasteiger partial charge on any atom is -0.493 e. The van der Waals surface area contributed by atoms with Gasteiger partial charge in [0.05, 0.1) is 6.61 Å². The molecule has 0 unspecified atom stereocenters. The zero-order chi connectivity index (χ0) is 14.8. The van der Waals surface area contributed by atoms with Crippen LogP contribution in [0.15, 0.2) is 36.4 Å². The number of carbonyl (C=O) groups is 1. The Morgan fingerprint density at radius 3 is 2.71 bits per heavy atom. The number of hydrogen-bond acceptors (Lipinski definition) is 2. The van der Waals surface area contributed by atoms with Crippen LogP contribution in [0.3, 0.4) is 0 Å². The van der Waals surface area contributed by atoms with Crippen LogP contribution in [-0.4, -0.2) is 12.4 Å². The maximum Gasteiger partial charge on any atom is 0.193 e. The second kappa shape index (κ2) is 5.72. The number of ketones is 1. The van der Waals surface area contributed by atoms with Crippen LogP contribution < -0.4 is 4.74 Å². The molecule has 2 aromatic rings. The quantitative estimate of drug-likeness (QED) is 0.792. The molecule has 1 heterocycles. The summed E-state index contributed by atoms with van der Waals surface area (Å²) in [4.78, 5) is 12.9. The standard InChI is InChI=1S/C19H20O2/c1-3-13-5-6-14(4-2)17(11-13)19(20)16-7-8-18-15(12-16)9-10-21-18/h5-8,11-12H,3-4,9-10H2,1-2H3. The highest BCUT2D eigenvalue weighted by Gasteiger charge is 2.18. The van der Waals surface area contributed by atoms with E-state index in [0.717, 1.165) is 53.9 Å². The van der Waals surface area contributed by atoms with Gasteiger partial charge in [-0.2, -0.15) is 0 Å². The predicted octanol–water partition coefficient (Wildman–Crippen LogP) is 3.98. The van der Waals surface area contributed by atoms with E-state index in [2.05, 4.69) is 26.0 Å². The van der Waals surface area contributed by atoms with Gasteiger partial charge in [0.1, 0.15) is 5.75 Å². The predicted molar refractivity (Wildman–Crippen MR) is 84.3 cm³/mol. The summed E-state index contributed by atoms with van der Waals surface area (Å²) in [6.07, 6.45) is 2.72. The summed E-state index contributed by atoms with van der Waals surface area (Å²) in [5.74, 6) is 1.04. The normalized spacial score (nSPS) is 12.9. The molecular formula is C19H20O2. The summed E-state index contributed by atoms with van der Waals surface area (Å²) < 4.78 is 5.51. The van der Waals surface area contributed by atoms with Crippen molar-refractivity contribution in [2.45, 2.75) is 33.1 Å². The van der Waals surface area contributed by atoms with Gasteiger partial charge in [0.2, 0.25) is 0 Å². The molecule has 1 aliphatic heterocycles. The van der Waals surface area contributed by atoms with E-state index in [4.69, 9.17) is 4.74 Å². The number of hydrogen-bond donors (Lipinski definition) is 0. The van der Waals surface area contributed by atoms with Crippen molar-refractivity contribution in [1.82, 2.24) is 0 Å². The Morgan fingerprint density at radius 2 is 1.95 bits per heavy atom. The topological polar surface area (TPSA) is 26.3 Å². The third kappa shape index (κ3) is 2.58. The average Bonchev–Trinajstić information content (AvgIpc) is 3.01. The largest absolute Gasteiger partial charge is 0.493 e. The van der Waals surface area contributed by atoms with Crippen LogP contribution in [0.5, 0.6) is 5.75 Å². The maximum atomic E-state index is 12.9. The molecule has 0 aliphatic carbocycles. The highest BCUT2D eigenvalue weighted by molar-refractivity contribution is 6.10. The van der Waals surface area contributed by atoms with E-state index in [1.54, 1.807) is 0 Å². The van der Waals surface area contributed by atoms with Crippen molar-refractivity contribution in [2.24, 2.45) is 0 Å². The van der Waals surface area contributed by atoms with Crippen LogP contribution in [0.1, 0.15) is 46.5 Å². The van der Waals surface area contributed by atoms with Gasteiger partial charge in [0.25, 0.3) is 0 Å². The number of carbonyl (C=O) groups excluding carboxylic acids is 1. The molecule has 1 aliphatic rings. The lowest BCUT2D eigenvalue weighted by Crippen LogP contribution is -2.06. The first-order valence-electron chi connectivity index (χ1n) is 7.65. The highest BCUT2D eigenvalue weighted by Crippen LogP contribution is 2.27. The second-order valence-electron chi connectivity index (χ2n) is 5.45. The van der Waals surface area contributed by atoms with Crippen LogP contribution in [0.2, 0.25) is 0 Å². The monoisotopic (exact) mass is 280 g/mol. The minimum absolute atomic E-state index is 0.122. The van der Waals surface area contributed by atoms with Crippen molar-refractivity contribution < 1.29 is 9.53 Å². The molecule has 2 nitrogen and oxygen atoms in total. The number of rotatable bonds is 4. The van der Waals surface area contributed by atoms with Crippen molar-refractivity contribution in [3.05, 3.63) is 64.2 Å². The van der Waals surface area contributed by atoms with Crippen LogP contribution in [0.4, 0.5) is 0 Å².